The van der Waals surface area contributed by atoms with Crippen molar-refractivity contribution in [3.8, 4) is 0 Å². The molecule has 11 heteroatoms. The summed E-state index contributed by atoms with van der Waals surface area (Å²) in [6, 6.07) is 8.93. The molecule has 0 saturated heterocycles. The van der Waals surface area contributed by atoms with E-state index in [0.29, 0.717) is 11.6 Å². The number of nitrogens with one attached hydrogen (secondary N) is 1. The minimum absolute atomic E-state index is 0.0386. The standard InChI is InChI=1S/C25H32ClF2N3O4S/c1-17(2)15-29-25(33)18(3)30(16-19-7-9-20(26)10-8-19)24(32)6-5-13-31(36(4,34)35)21-11-12-22(27)23(28)14-21/h7-12,14,17-18H,5-6,13,15-16H2,1-4H3,(H,29,33)/t18-/m0/s1. The Morgan fingerprint density at radius 3 is 2.22 bits per heavy atom. The molecule has 2 amide bonds. The Morgan fingerprint density at radius 1 is 1.03 bits per heavy atom. The zero-order valence-electron chi connectivity index (χ0n) is 20.8. The van der Waals surface area contributed by atoms with E-state index >= 15 is 0 Å². The van der Waals surface area contributed by atoms with Crippen LogP contribution in [0.5, 0.6) is 0 Å². The summed E-state index contributed by atoms with van der Waals surface area (Å²) in [5, 5.41) is 3.37. The quantitative estimate of drug-likeness (QED) is 0.431. The predicted molar refractivity (Wildman–Crippen MR) is 137 cm³/mol. The Labute approximate surface area is 216 Å². The van der Waals surface area contributed by atoms with Gasteiger partial charge in [0.1, 0.15) is 6.04 Å². The van der Waals surface area contributed by atoms with Crippen molar-refractivity contribution < 1.29 is 26.8 Å². The molecule has 36 heavy (non-hydrogen) atoms. The van der Waals surface area contributed by atoms with E-state index in [2.05, 4.69) is 5.32 Å². The molecule has 1 N–H and O–H groups in total. The van der Waals surface area contributed by atoms with Crippen LogP contribution in [0.25, 0.3) is 0 Å². The van der Waals surface area contributed by atoms with Crippen molar-refractivity contribution in [1.29, 1.82) is 0 Å². The number of nitrogens with zero attached hydrogens (tertiary/aromatic N) is 2. The topological polar surface area (TPSA) is 86.8 Å². The number of amides is 2. The molecule has 2 aromatic carbocycles. The number of benzene rings is 2. The predicted octanol–water partition coefficient (Wildman–Crippen LogP) is 4.35. The molecule has 0 saturated carbocycles. The number of anilines is 1. The zero-order chi connectivity index (χ0) is 27.0. The van der Waals surface area contributed by atoms with E-state index in [9.17, 15) is 26.8 Å². The first-order valence-corrected chi connectivity index (χ1v) is 13.8. The van der Waals surface area contributed by atoms with E-state index in [1.165, 1.54) is 4.90 Å². The summed E-state index contributed by atoms with van der Waals surface area (Å²) >= 11 is 5.96. The lowest BCUT2D eigenvalue weighted by Crippen LogP contribution is -2.48. The molecule has 0 bridgehead atoms. The van der Waals surface area contributed by atoms with Crippen LogP contribution in [0.4, 0.5) is 14.5 Å². The molecular weight excluding hydrogens is 512 g/mol. The van der Waals surface area contributed by atoms with Crippen LogP contribution in [0, 0.1) is 17.6 Å². The fraction of sp³-hybridized carbons (Fsp3) is 0.440. The highest BCUT2D eigenvalue weighted by molar-refractivity contribution is 7.92. The molecular formula is C25H32ClF2N3O4S. The van der Waals surface area contributed by atoms with E-state index < -0.39 is 27.7 Å². The van der Waals surface area contributed by atoms with Crippen molar-refractivity contribution in [2.75, 3.05) is 23.7 Å². The Morgan fingerprint density at radius 2 is 1.67 bits per heavy atom. The fourth-order valence-corrected chi connectivity index (χ4v) is 4.55. The summed E-state index contributed by atoms with van der Waals surface area (Å²) in [5.74, 6) is -2.68. The van der Waals surface area contributed by atoms with Gasteiger partial charge in [-0.25, -0.2) is 17.2 Å². The highest BCUT2D eigenvalue weighted by atomic mass is 35.5. The Balaban J connectivity index is 2.17. The maximum atomic E-state index is 13.7. The zero-order valence-corrected chi connectivity index (χ0v) is 22.4. The third-order valence-electron chi connectivity index (χ3n) is 5.46. The molecule has 0 unspecified atom stereocenters. The van der Waals surface area contributed by atoms with Gasteiger partial charge in [-0.1, -0.05) is 37.6 Å². The van der Waals surface area contributed by atoms with Gasteiger partial charge in [0, 0.05) is 37.1 Å². The molecule has 0 aliphatic rings. The normalized spacial score (nSPS) is 12.3. The number of hydrogen-bond donors (Lipinski definition) is 1. The Kier molecular flexibility index (Phi) is 10.7. The van der Waals surface area contributed by atoms with Gasteiger partial charge in [-0.2, -0.15) is 0 Å². The molecule has 0 aliphatic heterocycles. The monoisotopic (exact) mass is 543 g/mol. The molecule has 0 spiro atoms. The molecule has 2 rings (SSSR count). The van der Waals surface area contributed by atoms with Crippen molar-refractivity contribution >= 4 is 39.1 Å². The average molecular weight is 544 g/mol. The van der Waals surface area contributed by atoms with Crippen LogP contribution in [0.2, 0.25) is 5.02 Å². The third-order valence-corrected chi connectivity index (χ3v) is 6.91. The third kappa shape index (κ3) is 8.74. The molecule has 198 valence electrons. The number of carbonyl (C=O) groups is 2. The maximum Gasteiger partial charge on any atom is 0.242 e. The van der Waals surface area contributed by atoms with Gasteiger partial charge in [0.15, 0.2) is 11.6 Å². The van der Waals surface area contributed by atoms with Crippen LogP contribution in [0.1, 0.15) is 39.2 Å². The van der Waals surface area contributed by atoms with Gasteiger partial charge >= 0.3 is 0 Å². The first-order valence-electron chi connectivity index (χ1n) is 11.5. The van der Waals surface area contributed by atoms with Crippen LogP contribution in [0.3, 0.4) is 0 Å². The van der Waals surface area contributed by atoms with Gasteiger partial charge in [-0.3, -0.25) is 13.9 Å². The molecule has 2 aromatic rings. The summed E-state index contributed by atoms with van der Waals surface area (Å²) in [5.41, 5.74) is 0.735. The number of rotatable bonds is 12. The molecule has 0 radical (unpaired) electrons. The summed E-state index contributed by atoms with van der Waals surface area (Å²) in [6.45, 7) is 6.05. The van der Waals surface area contributed by atoms with Gasteiger partial charge in [0.2, 0.25) is 21.8 Å². The lowest BCUT2D eigenvalue weighted by molar-refractivity contribution is -0.140. The van der Waals surface area contributed by atoms with E-state index in [1.54, 1.807) is 31.2 Å². The van der Waals surface area contributed by atoms with E-state index in [0.717, 1.165) is 34.3 Å². The number of sulfonamides is 1. The SMILES string of the molecule is CC(C)CNC(=O)[C@H](C)N(Cc1ccc(Cl)cc1)C(=O)CCCN(c1ccc(F)c(F)c1)S(C)(=O)=O. The lowest BCUT2D eigenvalue weighted by Gasteiger charge is -2.29. The fourth-order valence-electron chi connectivity index (χ4n) is 3.47. The molecule has 0 fully saturated rings. The van der Waals surface area contributed by atoms with Crippen molar-refractivity contribution in [3.05, 3.63) is 64.7 Å². The average Bonchev–Trinajstić information content (AvgIpc) is 2.80. The first-order chi connectivity index (χ1) is 16.8. The lowest BCUT2D eigenvalue weighted by atomic mass is 10.1. The minimum atomic E-state index is -3.82. The second kappa shape index (κ2) is 13.0. The highest BCUT2D eigenvalue weighted by Gasteiger charge is 2.27. The number of hydrogen-bond acceptors (Lipinski definition) is 4. The smallest absolute Gasteiger partial charge is 0.242 e. The summed E-state index contributed by atoms with van der Waals surface area (Å²) in [7, 11) is -3.82. The van der Waals surface area contributed by atoms with Crippen molar-refractivity contribution in [3.63, 3.8) is 0 Å². The molecule has 0 aromatic heterocycles. The maximum absolute atomic E-state index is 13.7. The van der Waals surface area contributed by atoms with E-state index in [1.807, 2.05) is 13.8 Å². The molecule has 1 atom stereocenters. The van der Waals surface area contributed by atoms with E-state index in [4.69, 9.17) is 11.6 Å². The highest BCUT2D eigenvalue weighted by Crippen LogP contribution is 2.22. The van der Waals surface area contributed by atoms with Crippen molar-refractivity contribution in [2.45, 2.75) is 46.2 Å². The number of carbonyl (C=O) groups excluding carboxylic acids is 2. The van der Waals surface area contributed by atoms with Gasteiger partial charge in [0.25, 0.3) is 0 Å². The summed E-state index contributed by atoms with van der Waals surface area (Å²) < 4.78 is 52.5. The minimum Gasteiger partial charge on any atom is -0.354 e. The van der Waals surface area contributed by atoms with Crippen LogP contribution in [-0.2, 0) is 26.2 Å². The van der Waals surface area contributed by atoms with Crippen molar-refractivity contribution in [2.24, 2.45) is 5.92 Å². The second-order valence-corrected chi connectivity index (χ2v) is 11.3. The van der Waals surface area contributed by atoms with Crippen LogP contribution in [-0.4, -0.2) is 50.5 Å². The number of halogens is 3. The van der Waals surface area contributed by atoms with Gasteiger partial charge in [-0.15, -0.1) is 0 Å². The second-order valence-electron chi connectivity index (χ2n) is 9.00. The van der Waals surface area contributed by atoms with Gasteiger partial charge in [0.05, 0.1) is 11.9 Å². The summed E-state index contributed by atoms with van der Waals surface area (Å²) in [6.07, 6.45) is 0.984. The van der Waals surface area contributed by atoms with E-state index in [-0.39, 0.29) is 49.4 Å². The molecule has 0 heterocycles. The Bertz CT molecular complexity index is 1160. The van der Waals surface area contributed by atoms with Crippen LogP contribution >= 0.6 is 11.6 Å². The van der Waals surface area contributed by atoms with Gasteiger partial charge in [-0.05, 0) is 49.1 Å². The largest absolute Gasteiger partial charge is 0.354 e. The summed E-state index contributed by atoms with van der Waals surface area (Å²) in [4.78, 5) is 27.4. The Hall–Kier alpha value is -2.72. The molecule has 7 nitrogen and oxygen atoms in total. The van der Waals surface area contributed by atoms with Crippen LogP contribution < -0.4 is 9.62 Å². The first kappa shape index (κ1) is 29.5. The molecule has 0 aliphatic carbocycles. The van der Waals surface area contributed by atoms with Gasteiger partial charge < -0.3 is 10.2 Å². The van der Waals surface area contributed by atoms with Crippen molar-refractivity contribution in [1.82, 2.24) is 10.2 Å². The van der Waals surface area contributed by atoms with Crippen LogP contribution in [0.15, 0.2) is 42.5 Å².